The van der Waals surface area contributed by atoms with Crippen molar-refractivity contribution in [3.63, 3.8) is 0 Å². The van der Waals surface area contributed by atoms with Crippen LogP contribution in [0.4, 0.5) is 0 Å². The molecule has 6 heteroatoms. The molecule has 0 unspecified atom stereocenters. The highest BCUT2D eigenvalue weighted by atomic mass is 35.7. The lowest BCUT2D eigenvalue weighted by molar-refractivity contribution is -2.00. The quantitative estimate of drug-likeness (QED) is 0.387. The molecule has 0 radical (unpaired) electrons. The molecule has 0 saturated heterocycles. The third kappa shape index (κ3) is 6.02. The van der Waals surface area contributed by atoms with Crippen molar-refractivity contribution < 1.29 is 33.3 Å². The van der Waals surface area contributed by atoms with Crippen molar-refractivity contribution in [2.45, 2.75) is 0 Å². The fourth-order valence-electron chi connectivity index (χ4n) is 3.60. The third-order valence-electron chi connectivity index (χ3n) is 5.02. The summed E-state index contributed by atoms with van der Waals surface area (Å²) in [6, 6.07) is 39.8. The van der Waals surface area contributed by atoms with Crippen LogP contribution in [0, 0.1) is 10.2 Å². The molecule has 0 bridgehead atoms. The molecule has 4 aromatic carbocycles. The minimum atomic E-state index is -4.94. The zero-order chi connectivity index (χ0) is 23.3. The number of halogens is 1. The summed E-state index contributed by atoms with van der Waals surface area (Å²) in [5.41, 5.74) is 6.67. The summed E-state index contributed by atoms with van der Waals surface area (Å²) < 4.78 is 40.3. The monoisotopic (exact) mass is 458 g/mol. The van der Waals surface area contributed by atoms with Crippen molar-refractivity contribution in [2.24, 2.45) is 0 Å². The normalized spacial score (nSPS) is 11.0. The Morgan fingerprint density at radius 1 is 0.485 bits per heavy atom. The average Bonchev–Trinajstić information content (AvgIpc) is 2.83. The van der Waals surface area contributed by atoms with Crippen molar-refractivity contribution in [3.8, 4) is 33.6 Å². The van der Waals surface area contributed by atoms with Gasteiger partial charge in [-0.3, -0.25) is 0 Å². The molecule has 0 spiro atoms. The lowest BCUT2D eigenvalue weighted by atomic mass is 9.97. The first kappa shape index (κ1) is 22.6. The summed E-state index contributed by atoms with van der Waals surface area (Å²) in [4.78, 5) is 0. The molecule has 0 aliphatic rings. The summed E-state index contributed by atoms with van der Waals surface area (Å²) in [6.07, 6.45) is 0. The second kappa shape index (κ2) is 9.92. The molecular formula is C27H19ClO5. The Labute approximate surface area is 193 Å². The molecule has 0 amide bonds. The minimum Gasteiger partial charge on any atom is -0.222 e. The van der Waals surface area contributed by atoms with Crippen molar-refractivity contribution in [1.82, 2.24) is 0 Å². The molecule has 0 atom stereocenters. The van der Waals surface area contributed by atoms with E-state index in [0.717, 1.165) is 27.9 Å². The van der Waals surface area contributed by atoms with E-state index in [-0.39, 0.29) is 0 Å². The van der Waals surface area contributed by atoms with Crippen molar-refractivity contribution >= 4 is 11.0 Å². The Morgan fingerprint density at radius 2 is 0.970 bits per heavy atom. The third-order valence-corrected chi connectivity index (χ3v) is 5.02. The van der Waals surface area contributed by atoms with E-state index in [9.17, 15) is 0 Å². The summed E-state index contributed by atoms with van der Waals surface area (Å²) in [5.74, 6) is 0.872. The topological polar surface area (TPSA) is 104 Å². The number of fused-ring (bicyclic) bond motifs is 1. The molecule has 5 nitrogen and oxygen atoms in total. The van der Waals surface area contributed by atoms with Gasteiger partial charge in [0.2, 0.25) is 0 Å². The first-order valence-corrected chi connectivity index (χ1v) is 11.3. The van der Waals surface area contributed by atoms with Gasteiger partial charge in [0.05, 0.1) is 23.1 Å². The number of benzene rings is 4. The maximum atomic E-state index is 8.49. The highest BCUT2D eigenvalue weighted by Crippen LogP contribution is 2.36. The number of hydrogen-bond acceptors (Lipinski definition) is 4. The maximum Gasteiger partial charge on any atom is 0.362 e. The summed E-state index contributed by atoms with van der Waals surface area (Å²) in [5, 5.41) is 1.12. The molecule has 0 aliphatic heterocycles. The van der Waals surface area contributed by atoms with E-state index in [1.54, 1.807) is 0 Å². The second-order valence-corrected chi connectivity index (χ2v) is 7.97. The van der Waals surface area contributed by atoms with Crippen molar-refractivity contribution in [1.29, 1.82) is 0 Å². The molecule has 5 rings (SSSR count). The van der Waals surface area contributed by atoms with Gasteiger partial charge in [-0.2, -0.15) is 0 Å². The molecule has 1 aromatic heterocycles. The van der Waals surface area contributed by atoms with Gasteiger partial charge in [-0.1, -0.05) is 84.9 Å². The molecule has 0 saturated carbocycles. The van der Waals surface area contributed by atoms with Crippen LogP contribution in [-0.2, 0) is 0 Å². The van der Waals surface area contributed by atoms with Gasteiger partial charge in [-0.25, -0.2) is 23.1 Å². The smallest absolute Gasteiger partial charge is 0.222 e. The molecular weight excluding hydrogens is 440 g/mol. The Balaban J connectivity index is 0.000000471. The van der Waals surface area contributed by atoms with Crippen LogP contribution in [0.15, 0.2) is 120 Å². The highest BCUT2D eigenvalue weighted by Gasteiger charge is 2.20. The van der Waals surface area contributed by atoms with Gasteiger partial charge in [0.15, 0.2) is 0 Å². The maximum absolute atomic E-state index is 8.49. The lowest BCUT2D eigenvalue weighted by Gasteiger charge is -2.17. The molecule has 0 aliphatic carbocycles. The predicted octanol–water partition coefficient (Wildman–Crippen LogP) is 2.96. The fourth-order valence-corrected chi connectivity index (χ4v) is 3.60. The second-order valence-electron chi connectivity index (χ2n) is 7.21. The number of rotatable bonds is 3. The molecule has 33 heavy (non-hydrogen) atoms. The first-order valence-electron chi connectivity index (χ1n) is 10.1. The van der Waals surface area contributed by atoms with E-state index < -0.39 is 10.2 Å². The van der Waals surface area contributed by atoms with E-state index in [1.165, 1.54) is 16.7 Å². The largest absolute Gasteiger partial charge is 0.362 e. The van der Waals surface area contributed by atoms with Crippen LogP contribution in [0.3, 0.4) is 0 Å². The van der Waals surface area contributed by atoms with Gasteiger partial charge in [-0.15, -0.1) is 10.2 Å². The zero-order valence-corrected chi connectivity index (χ0v) is 18.1. The van der Waals surface area contributed by atoms with Gasteiger partial charge < -0.3 is 0 Å². The highest BCUT2D eigenvalue weighted by molar-refractivity contribution is 5.97. The Hall–Kier alpha value is -3.58. The summed E-state index contributed by atoms with van der Waals surface area (Å²) >= 11 is 0. The van der Waals surface area contributed by atoms with Crippen LogP contribution in [0.5, 0.6) is 0 Å². The van der Waals surface area contributed by atoms with E-state index in [4.69, 9.17) is 23.1 Å². The van der Waals surface area contributed by atoms with Crippen LogP contribution in [0.25, 0.3) is 44.5 Å². The SMILES string of the molecule is [O-][Cl+3]([O-])([O-])[O-].c1ccc(-c2ccc3c(-c4ccccc4)cc(-c4ccccc4)[o+]c3c2)cc1. The van der Waals surface area contributed by atoms with Gasteiger partial charge in [0.1, 0.15) is 0 Å². The standard InChI is InChI=1S/C27H19O.ClHO4/c1-4-10-20(11-5-1)23-16-17-24-25(21-12-6-2-7-13-21)19-26(28-27(24)18-23)22-14-8-3-9-15-22;2-1(3,4)5/h1-19H;(H,2,3,4,5)/q+1;/p-1. The molecule has 0 N–H and O–H groups in total. The molecule has 1 heterocycles. The predicted molar refractivity (Wildman–Crippen MR) is 117 cm³/mol. The van der Waals surface area contributed by atoms with E-state index >= 15 is 0 Å². The first-order chi connectivity index (χ1) is 15.9. The van der Waals surface area contributed by atoms with Crippen LogP contribution in [-0.4, -0.2) is 0 Å². The van der Waals surface area contributed by atoms with Gasteiger partial charge in [0.25, 0.3) is 0 Å². The summed E-state index contributed by atoms with van der Waals surface area (Å²) in [7, 11) is -4.94. The zero-order valence-electron chi connectivity index (χ0n) is 17.4. The fraction of sp³-hybridized carbons (Fsp3) is 0. The number of hydrogen-bond donors (Lipinski definition) is 0. The van der Waals surface area contributed by atoms with Crippen LogP contribution >= 0.6 is 0 Å². The Bertz CT molecular complexity index is 1320. The summed E-state index contributed by atoms with van der Waals surface area (Å²) in [6.45, 7) is 0. The minimum absolute atomic E-state index is 0.872. The average molecular weight is 459 g/mol. The molecule has 164 valence electrons. The van der Waals surface area contributed by atoms with Crippen LogP contribution in [0.1, 0.15) is 0 Å². The van der Waals surface area contributed by atoms with Gasteiger partial charge >= 0.3 is 11.3 Å². The van der Waals surface area contributed by atoms with E-state index in [0.29, 0.717) is 0 Å². The Kier molecular flexibility index (Phi) is 6.79. The van der Waals surface area contributed by atoms with Crippen molar-refractivity contribution in [3.05, 3.63) is 115 Å². The van der Waals surface area contributed by atoms with Gasteiger partial charge in [0, 0.05) is 5.56 Å². The van der Waals surface area contributed by atoms with E-state index in [2.05, 4.69) is 84.9 Å². The van der Waals surface area contributed by atoms with Crippen LogP contribution < -0.4 is 18.6 Å². The van der Waals surface area contributed by atoms with Crippen molar-refractivity contribution in [2.75, 3.05) is 0 Å². The van der Waals surface area contributed by atoms with Crippen LogP contribution in [0.2, 0.25) is 0 Å². The molecule has 5 aromatic rings. The Morgan fingerprint density at radius 3 is 1.52 bits per heavy atom. The van der Waals surface area contributed by atoms with E-state index in [1.807, 2.05) is 30.3 Å². The van der Waals surface area contributed by atoms with Gasteiger partial charge in [-0.05, 0) is 34.9 Å². The lowest BCUT2D eigenvalue weighted by Crippen LogP contribution is -2.68. The molecule has 0 fully saturated rings.